The number of hydrogen-bond donors (Lipinski definition) is 1. The summed E-state index contributed by atoms with van der Waals surface area (Å²) in [5.74, 6) is 1.64. The van der Waals surface area contributed by atoms with Crippen LogP contribution in [0.1, 0.15) is 32.1 Å². The maximum atomic E-state index is 13.1. The van der Waals surface area contributed by atoms with Gasteiger partial charge in [0.05, 0.1) is 6.10 Å². The van der Waals surface area contributed by atoms with E-state index in [-0.39, 0.29) is 17.8 Å². The minimum atomic E-state index is -0.554. The van der Waals surface area contributed by atoms with Crippen LogP contribution in [0, 0.1) is 23.6 Å². The van der Waals surface area contributed by atoms with Gasteiger partial charge in [-0.05, 0) is 67.7 Å². The highest BCUT2D eigenvalue weighted by Crippen LogP contribution is 2.38. The molecule has 3 fully saturated rings. The van der Waals surface area contributed by atoms with Gasteiger partial charge in [-0.25, -0.2) is 4.39 Å². The highest BCUT2D eigenvalue weighted by atomic mass is 19.1. The van der Waals surface area contributed by atoms with Crippen molar-refractivity contribution >= 4 is 5.91 Å². The second-order valence-electron chi connectivity index (χ2n) is 8.23. The molecule has 6 heteroatoms. The average Bonchev–Trinajstić information content (AvgIpc) is 3.07. The summed E-state index contributed by atoms with van der Waals surface area (Å²) in [7, 11) is 0. The number of hydrogen-bond acceptors (Lipinski definition) is 4. The zero-order valence-electron chi connectivity index (χ0n) is 15.6. The zero-order valence-corrected chi connectivity index (χ0v) is 15.6. The third-order valence-corrected chi connectivity index (χ3v) is 6.34. The molecule has 2 saturated heterocycles. The van der Waals surface area contributed by atoms with Crippen LogP contribution in [-0.4, -0.2) is 54.4 Å². The van der Waals surface area contributed by atoms with E-state index in [0.29, 0.717) is 36.3 Å². The highest BCUT2D eigenvalue weighted by Gasteiger charge is 2.44. The Labute approximate surface area is 159 Å². The zero-order chi connectivity index (χ0) is 18.8. The van der Waals surface area contributed by atoms with Gasteiger partial charge >= 0.3 is 0 Å². The Bertz CT molecular complexity index is 646. The number of rotatable bonds is 4. The van der Waals surface area contributed by atoms with Gasteiger partial charge in [0.25, 0.3) is 0 Å². The van der Waals surface area contributed by atoms with E-state index in [0.717, 1.165) is 45.6 Å². The summed E-state index contributed by atoms with van der Waals surface area (Å²) in [5, 5.41) is 10.5. The number of halogens is 1. The fraction of sp³-hybridized carbons (Fsp3) is 0.667. The van der Waals surface area contributed by atoms with Gasteiger partial charge in [-0.15, -0.1) is 0 Å². The Kier molecular flexibility index (Phi) is 5.64. The summed E-state index contributed by atoms with van der Waals surface area (Å²) in [6.45, 7) is 3.02. The first-order valence-corrected chi connectivity index (χ1v) is 10.0. The number of amides is 1. The van der Waals surface area contributed by atoms with Gasteiger partial charge in [0, 0.05) is 32.7 Å². The standard InChI is InChI=1S/C21H28FNO4/c22-17-1-3-18(4-2-17)27-20-11-16-13-23(12-15(16)10-19(20)24)21(25)9-14-5-7-26-8-6-14/h1-4,14-16,19-20,24H,5-13H2/t15-,16+,19+,20+/m0/s1. The van der Waals surface area contributed by atoms with Gasteiger partial charge in [-0.2, -0.15) is 0 Å². The molecule has 1 saturated carbocycles. The molecule has 0 bridgehead atoms. The summed E-state index contributed by atoms with van der Waals surface area (Å²) in [6, 6.07) is 5.90. The third-order valence-electron chi connectivity index (χ3n) is 6.34. The molecule has 0 spiro atoms. The molecule has 1 aromatic rings. The lowest BCUT2D eigenvalue weighted by Gasteiger charge is -2.35. The van der Waals surface area contributed by atoms with Gasteiger partial charge in [0.15, 0.2) is 0 Å². The normalized spacial score (nSPS) is 31.6. The molecule has 4 atom stereocenters. The number of carbonyl (C=O) groups excluding carboxylic acids is 1. The fourth-order valence-corrected chi connectivity index (χ4v) is 4.74. The molecule has 0 radical (unpaired) electrons. The predicted octanol–water partition coefficient (Wildman–Crippen LogP) is 2.62. The van der Waals surface area contributed by atoms with Crippen LogP contribution in [0.5, 0.6) is 5.75 Å². The second-order valence-corrected chi connectivity index (χ2v) is 8.23. The Balaban J connectivity index is 1.32. The van der Waals surface area contributed by atoms with Crippen molar-refractivity contribution in [3.05, 3.63) is 30.1 Å². The molecule has 0 aromatic heterocycles. The Morgan fingerprint density at radius 3 is 2.52 bits per heavy atom. The Hall–Kier alpha value is -1.66. The van der Waals surface area contributed by atoms with Crippen molar-refractivity contribution < 1.29 is 23.8 Å². The first kappa shape index (κ1) is 18.7. The van der Waals surface area contributed by atoms with Crippen molar-refractivity contribution in [1.29, 1.82) is 0 Å². The molecule has 1 amide bonds. The summed E-state index contributed by atoms with van der Waals surface area (Å²) in [4.78, 5) is 14.7. The van der Waals surface area contributed by atoms with Crippen LogP contribution in [0.3, 0.4) is 0 Å². The van der Waals surface area contributed by atoms with Crippen molar-refractivity contribution in [3.8, 4) is 5.75 Å². The van der Waals surface area contributed by atoms with Crippen LogP contribution < -0.4 is 4.74 Å². The number of carbonyl (C=O) groups is 1. The lowest BCUT2D eigenvalue weighted by molar-refractivity contribution is -0.132. The van der Waals surface area contributed by atoms with E-state index in [9.17, 15) is 14.3 Å². The number of benzene rings is 1. The van der Waals surface area contributed by atoms with Crippen LogP contribution in [-0.2, 0) is 9.53 Å². The number of likely N-dealkylation sites (tertiary alicyclic amines) is 1. The van der Waals surface area contributed by atoms with E-state index in [1.807, 2.05) is 4.90 Å². The van der Waals surface area contributed by atoms with E-state index >= 15 is 0 Å². The maximum Gasteiger partial charge on any atom is 0.222 e. The molecule has 4 rings (SSSR count). The van der Waals surface area contributed by atoms with Crippen molar-refractivity contribution in [2.75, 3.05) is 26.3 Å². The summed E-state index contributed by atoms with van der Waals surface area (Å²) in [6.07, 6.45) is 3.07. The molecule has 2 aliphatic heterocycles. The van der Waals surface area contributed by atoms with Crippen LogP contribution in [0.4, 0.5) is 4.39 Å². The van der Waals surface area contributed by atoms with E-state index < -0.39 is 6.10 Å². The van der Waals surface area contributed by atoms with Crippen molar-refractivity contribution in [1.82, 2.24) is 4.90 Å². The van der Waals surface area contributed by atoms with E-state index in [4.69, 9.17) is 9.47 Å². The van der Waals surface area contributed by atoms with Crippen LogP contribution in [0.15, 0.2) is 24.3 Å². The molecule has 5 nitrogen and oxygen atoms in total. The minimum Gasteiger partial charge on any atom is -0.488 e. The number of fused-ring (bicyclic) bond motifs is 1. The summed E-state index contributed by atoms with van der Waals surface area (Å²) >= 11 is 0. The molecule has 1 aliphatic carbocycles. The topological polar surface area (TPSA) is 59.0 Å². The molecule has 3 aliphatic rings. The van der Waals surface area contributed by atoms with E-state index in [2.05, 4.69) is 0 Å². The van der Waals surface area contributed by atoms with Crippen LogP contribution in [0.25, 0.3) is 0 Å². The first-order chi connectivity index (χ1) is 13.1. The van der Waals surface area contributed by atoms with Crippen molar-refractivity contribution in [2.24, 2.45) is 17.8 Å². The van der Waals surface area contributed by atoms with Crippen molar-refractivity contribution in [3.63, 3.8) is 0 Å². The Morgan fingerprint density at radius 2 is 1.81 bits per heavy atom. The SMILES string of the molecule is O=C(CC1CCOCC1)N1C[C@H]2C[C@@H](Oc3ccc(F)cc3)[C@H](O)C[C@H]2C1. The quantitative estimate of drug-likeness (QED) is 0.876. The van der Waals surface area contributed by atoms with Gasteiger partial charge in [-0.3, -0.25) is 4.79 Å². The monoisotopic (exact) mass is 377 g/mol. The number of aliphatic hydroxyl groups excluding tert-OH is 1. The Morgan fingerprint density at radius 1 is 1.15 bits per heavy atom. The molecule has 2 heterocycles. The molecular formula is C21H28FNO4. The summed E-state index contributed by atoms with van der Waals surface area (Å²) in [5.41, 5.74) is 0. The lowest BCUT2D eigenvalue weighted by atomic mass is 9.78. The highest BCUT2D eigenvalue weighted by molar-refractivity contribution is 5.76. The first-order valence-electron chi connectivity index (χ1n) is 10.0. The van der Waals surface area contributed by atoms with Crippen LogP contribution in [0.2, 0.25) is 0 Å². The number of aliphatic hydroxyl groups is 1. The smallest absolute Gasteiger partial charge is 0.222 e. The molecule has 148 valence electrons. The van der Waals surface area contributed by atoms with Gasteiger partial charge in [-0.1, -0.05) is 0 Å². The van der Waals surface area contributed by atoms with Crippen molar-refractivity contribution in [2.45, 2.75) is 44.3 Å². The predicted molar refractivity (Wildman–Crippen MR) is 97.8 cm³/mol. The van der Waals surface area contributed by atoms with Gasteiger partial charge in [0.2, 0.25) is 5.91 Å². The third kappa shape index (κ3) is 4.43. The van der Waals surface area contributed by atoms with E-state index in [1.165, 1.54) is 12.1 Å². The van der Waals surface area contributed by atoms with Gasteiger partial charge in [0.1, 0.15) is 17.7 Å². The molecule has 1 N–H and O–H groups in total. The molecule has 1 aromatic carbocycles. The molecular weight excluding hydrogens is 349 g/mol. The summed E-state index contributed by atoms with van der Waals surface area (Å²) < 4.78 is 24.3. The number of nitrogens with zero attached hydrogens (tertiary/aromatic N) is 1. The second kappa shape index (κ2) is 8.15. The molecule has 0 unspecified atom stereocenters. The van der Waals surface area contributed by atoms with Crippen LogP contribution >= 0.6 is 0 Å². The van der Waals surface area contributed by atoms with Gasteiger partial charge < -0.3 is 19.5 Å². The largest absolute Gasteiger partial charge is 0.488 e. The molecule has 27 heavy (non-hydrogen) atoms. The average molecular weight is 377 g/mol. The fourth-order valence-electron chi connectivity index (χ4n) is 4.74. The minimum absolute atomic E-state index is 0.238. The lowest BCUT2D eigenvalue weighted by Crippen LogP contribution is -2.42. The maximum absolute atomic E-state index is 13.1. The number of ether oxygens (including phenoxy) is 2. The van der Waals surface area contributed by atoms with E-state index in [1.54, 1.807) is 12.1 Å².